The minimum atomic E-state index is -0.220. The average Bonchev–Trinajstić information content (AvgIpc) is 2.84. The number of ether oxygens (including phenoxy) is 1. The Morgan fingerprint density at radius 2 is 2.28 bits per heavy atom. The quantitative estimate of drug-likeness (QED) is 0.710. The van der Waals surface area contributed by atoms with E-state index >= 15 is 0 Å². The maximum absolute atomic E-state index is 11.8. The lowest BCUT2D eigenvalue weighted by Crippen LogP contribution is -2.39. The highest BCUT2D eigenvalue weighted by Gasteiger charge is 2.47. The molecule has 3 nitrogen and oxygen atoms in total. The van der Waals surface area contributed by atoms with E-state index in [4.69, 9.17) is 9.15 Å². The predicted octanol–water partition coefficient (Wildman–Crippen LogP) is 3.63. The third-order valence-corrected chi connectivity index (χ3v) is 4.46. The van der Waals surface area contributed by atoms with Gasteiger partial charge in [0.1, 0.15) is 6.10 Å². The summed E-state index contributed by atoms with van der Waals surface area (Å²) < 4.78 is 10.7. The molecule has 0 saturated heterocycles. The molecule has 0 unspecified atom stereocenters. The van der Waals surface area contributed by atoms with Gasteiger partial charge in [0.05, 0.1) is 12.5 Å². The molecule has 0 spiro atoms. The van der Waals surface area contributed by atoms with Crippen LogP contribution in [0.3, 0.4) is 0 Å². The Bertz CT molecular complexity index is 486. The van der Waals surface area contributed by atoms with Crippen LogP contribution in [0.5, 0.6) is 0 Å². The first-order chi connectivity index (χ1) is 8.61. The van der Waals surface area contributed by atoms with E-state index in [9.17, 15) is 4.79 Å². The van der Waals surface area contributed by atoms with Crippen LogP contribution in [-0.2, 0) is 9.53 Å². The SMILES string of the molecule is C[C@H]1CCC[C@]2(C)C1=CC(=O)O[C@H]2c1ccoc1. The number of hydrogen-bond acceptors (Lipinski definition) is 3. The summed E-state index contributed by atoms with van der Waals surface area (Å²) >= 11 is 0. The Labute approximate surface area is 107 Å². The van der Waals surface area contributed by atoms with Crippen molar-refractivity contribution in [3.05, 3.63) is 35.8 Å². The van der Waals surface area contributed by atoms with Crippen molar-refractivity contribution < 1.29 is 13.9 Å². The summed E-state index contributed by atoms with van der Waals surface area (Å²) in [6.45, 7) is 4.41. The monoisotopic (exact) mass is 246 g/mol. The fourth-order valence-electron chi connectivity index (χ4n) is 3.50. The van der Waals surface area contributed by atoms with Gasteiger partial charge in [0.25, 0.3) is 0 Å². The van der Waals surface area contributed by atoms with E-state index in [2.05, 4.69) is 13.8 Å². The van der Waals surface area contributed by atoms with Crippen LogP contribution in [-0.4, -0.2) is 5.97 Å². The van der Waals surface area contributed by atoms with Gasteiger partial charge in [-0.25, -0.2) is 4.79 Å². The van der Waals surface area contributed by atoms with Crippen LogP contribution in [0.4, 0.5) is 0 Å². The van der Waals surface area contributed by atoms with Crippen molar-refractivity contribution in [2.24, 2.45) is 11.3 Å². The van der Waals surface area contributed by atoms with Crippen LogP contribution in [0.15, 0.2) is 34.7 Å². The van der Waals surface area contributed by atoms with Gasteiger partial charge in [-0.3, -0.25) is 0 Å². The first-order valence-corrected chi connectivity index (χ1v) is 6.56. The van der Waals surface area contributed by atoms with Gasteiger partial charge < -0.3 is 9.15 Å². The average molecular weight is 246 g/mol. The number of carbonyl (C=O) groups is 1. The summed E-state index contributed by atoms with van der Waals surface area (Å²) in [5.41, 5.74) is 2.14. The van der Waals surface area contributed by atoms with E-state index in [-0.39, 0.29) is 17.5 Å². The van der Waals surface area contributed by atoms with Crippen molar-refractivity contribution in [3.63, 3.8) is 0 Å². The van der Waals surface area contributed by atoms with Crippen molar-refractivity contribution in [2.45, 2.75) is 39.2 Å². The van der Waals surface area contributed by atoms with E-state index < -0.39 is 0 Å². The molecule has 0 N–H and O–H groups in total. The molecule has 1 fully saturated rings. The maximum Gasteiger partial charge on any atom is 0.331 e. The van der Waals surface area contributed by atoms with Gasteiger partial charge in [-0.05, 0) is 24.8 Å². The molecule has 0 amide bonds. The predicted molar refractivity (Wildman–Crippen MR) is 66.7 cm³/mol. The second-order valence-corrected chi connectivity index (χ2v) is 5.68. The fraction of sp³-hybridized carbons (Fsp3) is 0.533. The van der Waals surface area contributed by atoms with Crippen molar-refractivity contribution in [3.8, 4) is 0 Å². The zero-order valence-electron chi connectivity index (χ0n) is 10.8. The van der Waals surface area contributed by atoms with Gasteiger partial charge in [0, 0.05) is 17.1 Å². The summed E-state index contributed by atoms with van der Waals surface area (Å²) in [4.78, 5) is 11.8. The van der Waals surface area contributed by atoms with Crippen LogP contribution >= 0.6 is 0 Å². The molecular weight excluding hydrogens is 228 g/mol. The summed E-state index contributed by atoms with van der Waals surface area (Å²) in [6, 6.07) is 1.89. The Morgan fingerprint density at radius 1 is 1.44 bits per heavy atom. The molecule has 96 valence electrons. The number of fused-ring (bicyclic) bond motifs is 1. The molecule has 3 rings (SSSR count). The Balaban J connectivity index is 2.06. The third kappa shape index (κ3) is 1.61. The highest BCUT2D eigenvalue weighted by Crippen LogP contribution is 2.54. The molecule has 1 aliphatic heterocycles. The zero-order chi connectivity index (χ0) is 12.8. The minimum Gasteiger partial charge on any atom is -0.472 e. The van der Waals surface area contributed by atoms with Crippen LogP contribution in [0.1, 0.15) is 44.8 Å². The number of hydrogen-bond donors (Lipinski definition) is 0. The molecule has 1 saturated carbocycles. The third-order valence-electron chi connectivity index (χ3n) is 4.46. The summed E-state index contributed by atoms with van der Waals surface area (Å²) in [5.74, 6) is 0.244. The van der Waals surface area contributed by atoms with Gasteiger partial charge in [-0.2, -0.15) is 0 Å². The van der Waals surface area contributed by atoms with Crippen LogP contribution in [0.2, 0.25) is 0 Å². The zero-order valence-corrected chi connectivity index (χ0v) is 10.8. The number of rotatable bonds is 1. The first kappa shape index (κ1) is 11.6. The summed E-state index contributed by atoms with van der Waals surface area (Å²) in [7, 11) is 0. The first-order valence-electron chi connectivity index (χ1n) is 6.56. The van der Waals surface area contributed by atoms with Gasteiger partial charge in [-0.1, -0.05) is 25.8 Å². The molecule has 3 heteroatoms. The Hall–Kier alpha value is -1.51. The normalized spacial score (nSPS) is 35.7. The lowest BCUT2D eigenvalue weighted by atomic mass is 9.62. The van der Waals surface area contributed by atoms with Gasteiger partial charge in [0.15, 0.2) is 0 Å². The Kier molecular flexibility index (Phi) is 2.58. The molecule has 18 heavy (non-hydrogen) atoms. The lowest BCUT2D eigenvalue weighted by Gasteiger charge is -2.46. The summed E-state index contributed by atoms with van der Waals surface area (Å²) in [6.07, 6.45) is 8.23. The number of carbonyl (C=O) groups excluding carboxylic acids is 1. The molecule has 3 atom stereocenters. The van der Waals surface area contributed by atoms with Crippen molar-refractivity contribution in [1.29, 1.82) is 0 Å². The van der Waals surface area contributed by atoms with E-state index in [0.717, 1.165) is 18.4 Å². The van der Waals surface area contributed by atoms with E-state index in [1.165, 1.54) is 12.0 Å². The topological polar surface area (TPSA) is 39.4 Å². The number of furan rings is 1. The fourth-order valence-corrected chi connectivity index (χ4v) is 3.50. The molecule has 0 aromatic carbocycles. The smallest absolute Gasteiger partial charge is 0.331 e. The van der Waals surface area contributed by atoms with Crippen molar-refractivity contribution in [2.75, 3.05) is 0 Å². The molecule has 1 aromatic rings. The minimum absolute atomic E-state index is 0.0740. The molecule has 0 radical (unpaired) electrons. The van der Waals surface area contributed by atoms with E-state index in [1.54, 1.807) is 18.6 Å². The molecule has 1 aromatic heterocycles. The van der Waals surface area contributed by atoms with E-state index in [0.29, 0.717) is 5.92 Å². The van der Waals surface area contributed by atoms with Crippen molar-refractivity contribution in [1.82, 2.24) is 0 Å². The van der Waals surface area contributed by atoms with E-state index in [1.807, 2.05) is 6.07 Å². The van der Waals surface area contributed by atoms with Gasteiger partial charge in [0.2, 0.25) is 0 Å². The molecule has 2 aliphatic rings. The molecule has 2 heterocycles. The van der Waals surface area contributed by atoms with Gasteiger partial charge in [-0.15, -0.1) is 0 Å². The Morgan fingerprint density at radius 3 is 3.00 bits per heavy atom. The van der Waals surface area contributed by atoms with Crippen LogP contribution in [0, 0.1) is 11.3 Å². The molecular formula is C15H18O3. The van der Waals surface area contributed by atoms with Crippen LogP contribution in [0.25, 0.3) is 0 Å². The largest absolute Gasteiger partial charge is 0.472 e. The second-order valence-electron chi connectivity index (χ2n) is 5.68. The highest BCUT2D eigenvalue weighted by molar-refractivity contribution is 5.84. The standard InChI is InChI=1S/C15H18O3/c1-10-4-3-6-15(2)12(10)8-13(16)18-14(15)11-5-7-17-9-11/h5,7-10,14H,3-4,6H2,1-2H3/t10-,14-,15+/m0/s1. The van der Waals surface area contributed by atoms with Crippen LogP contribution < -0.4 is 0 Å². The highest BCUT2D eigenvalue weighted by atomic mass is 16.5. The van der Waals surface area contributed by atoms with Gasteiger partial charge >= 0.3 is 5.97 Å². The second kappa shape index (κ2) is 4.01. The maximum atomic E-state index is 11.8. The number of cyclic esters (lactones) is 1. The van der Waals surface area contributed by atoms with Crippen molar-refractivity contribution >= 4 is 5.97 Å². The lowest BCUT2D eigenvalue weighted by molar-refractivity contribution is -0.153. The summed E-state index contributed by atoms with van der Waals surface area (Å²) in [5, 5.41) is 0. The molecule has 0 bridgehead atoms. The number of esters is 1. The molecule has 1 aliphatic carbocycles.